The molecule has 0 unspecified atom stereocenters. The molecule has 0 fully saturated rings. The van der Waals surface area contributed by atoms with Gasteiger partial charge < -0.3 is 29.8 Å². The first-order valence-corrected chi connectivity index (χ1v) is 13.2. The quantitative estimate of drug-likeness (QED) is 0.359. The summed E-state index contributed by atoms with van der Waals surface area (Å²) < 4.78 is 0. The first kappa shape index (κ1) is 29.7. The normalized spacial score (nSPS) is 12.3. The molecule has 0 saturated heterocycles. The van der Waals surface area contributed by atoms with Gasteiger partial charge in [0, 0.05) is 53.8 Å². The Morgan fingerprint density at radius 1 is 0.500 bits per heavy atom. The molecular formula is C32H46N4O2. The van der Waals surface area contributed by atoms with Crippen molar-refractivity contribution in [2.75, 3.05) is 56.4 Å². The maximum Gasteiger partial charge on any atom is 0.124 e. The Kier molecular flexibility index (Phi) is 9.60. The van der Waals surface area contributed by atoms with E-state index in [1.165, 1.54) is 0 Å². The van der Waals surface area contributed by atoms with Gasteiger partial charge in [-0.05, 0) is 104 Å². The first-order valence-electron chi connectivity index (χ1n) is 13.2. The lowest BCUT2D eigenvalue weighted by molar-refractivity contribution is 0.366. The lowest BCUT2D eigenvalue weighted by atomic mass is 9.69. The third kappa shape index (κ3) is 6.75. The molecule has 0 aliphatic heterocycles. The Morgan fingerprint density at radius 2 is 0.789 bits per heavy atom. The maximum atomic E-state index is 11.2. The summed E-state index contributed by atoms with van der Waals surface area (Å²) in [6.07, 6.45) is 0. The van der Waals surface area contributed by atoms with E-state index in [-0.39, 0.29) is 0 Å². The van der Waals surface area contributed by atoms with E-state index in [9.17, 15) is 10.2 Å². The van der Waals surface area contributed by atoms with Crippen molar-refractivity contribution in [3.05, 3.63) is 93.5 Å². The largest absolute Gasteiger partial charge is 0.507 e. The van der Waals surface area contributed by atoms with Crippen LogP contribution >= 0.6 is 0 Å². The molecule has 3 aromatic carbocycles. The summed E-state index contributed by atoms with van der Waals surface area (Å²) >= 11 is 0. The van der Waals surface area contributed by atoms with Crippen LogP contribution in [-0.4, -0.2) is 86.2 Å². The minimum Gasteiger partial charge on any atom is -0.507 e. The van der Waals surface area contributed by atoms with Gasteiger partial charge in [-0.25, -0.2) is 0 Å². The molecule has 0 bridgehead atoms. The highest BCUT2D eigenvalue weighted by atomic mass is 16.3. The molecule has 3 aromatic rings. The van der Waals surface area contributed by atoms with E-state index in [1.54, 1.807) is 0 Å². The van der Waals surface area contributed by atoms with E-state index in [2.05, 4.69) is 75.1 Å². The highest BCUT2D eigenvalue weighted by Gasteiger charge is 2.34. The molecule has 206 valence electrons. The van der Waals surface area contributed by atoms with Crippen LogP contribution in [0.2, 0.25) is 0 Å². The Balaban J connectivity index is 2.39. The van der Waals surface area contributed by atoms with Gasteiger partial charge in [-0.15, -0.1) is 0 Å². The number of hydrogen-bond acceptors (Lipinski definition) is 6. The molecule has 0 saturated carbocycles. The zero-order valence-corrected chi connectivity index (χ0v) is 24.7. The Morgan fingerprint density at radius 3 is 1.05 bits per heavy atom. The number of rotatable bonds is 11. The van der Waals surface area contributed by atoms with E-state index < -0.39 is 5.41 Å². The molecule has 0 spiro atoms. The van der Waals surface area contributed by atoms with Gasteiger partial charge in [-0.1, -0.05) is 30.3 Å². The summed E-state index contributed by atoms with van der Waals surface area (Å²) in [5, 5.41) is 22.5. The number of benzene rings is 3. The monoisotopic (exact) mass is 518 g/mol. The van der Waals surface area contributed by atoms with Crippen molar-refractivity contribution in [1.29, 1.82) is 0 Å². The third-order valence-corrected chi connectivity index (χ3v) is 6.99. The average molecular weight is 519 g/mol. The van der Waals surface area contributed by atoms with Crippen LogP contribution in [0.15, 0.2) is 54.6 Å². The number of hydrogen-bond donors (Lipinski definition) is 2. The molecule has 0 aromatic heterocycles. The molecule has 0 heterocycles. The van der Waals surface area contributed by atoms with Gasteiger partial charge in [0.05, 0.1) is 0 Å². The van der Waals surface area contributed by atoms with Gasteiger partial charge in [0.25, 0.3) is 0 Å². The van der Waals surface area contributed by atoms with Crippen LogP contribution in [0, 0.1) is 0 Å². The second-order valence-electron chi connectivity index (χ2n) is 11.7. The van der Waals surface area contributed by atoms with E-state index in [0.29, 0.717) is 37.7 Å². The third-order valence-electron chi connectivity index (χ3n) is 6.99. The van der Waals surface area contributed by atoms with Gasteiger partial charge in [-0.3, -0.25) is 0 Å². The van der Waals surface area contributed by atoms with Gasteiger partial charge in [0.1, 0.15) is 11.5 Å². The summed E-state index contributed by atoms with van der Waals surface area (Å²) in [5.74, 6) is 0.720. The highest BCUT2D eigenvalue weighted by molar-refractivity contribution is 5.57. The van der Waals surface area contributed by atoms with Gasteiger partial charge in [0.15, 0.2) is 0 Å². The van der Waals surface area contributed by atoms with E-state index in [4.69, 9.17) is 0 Å². The highest BCUT2D eigenvalue weighted by Crippen LogP contribution is 2.44. The molecule has 0 aliphatic carbocycles. The van der Waals surface area contributed by atoms with Crippen molar-refractivity contribution in [3.8, 4) is 11.5 Å². The minimum atomic E-state index is -0.521. The summed E-state index contributed by atoms with van der Waals surface area (Å²) in [6.45, 7) is 4.81. The van der Waals surface area contributed by atoms with Crippen LogP contribution < -0.4 is 0 Å². The van der Waals surface area contributed by atoms with Crippen LogP contribution in [0.1, 0.15) is 45.9 Å². The van der Waals surface area contributed by atoms with E-state index in [0.717, 1.165) is 38.9 Å². The Hall–Kier alpha value is -2.90. The minimum absolute atomic E-state index is 0.360. The molecule has 38 heavy (non-hydrogen) atoms. The van der Waals surface area contributed by atoms with E-state index in [1.807, 2.05) is 62.4 Å². The van der Waals surface area contributed by atoms with Crippen molar-refractivity contribution in [3.63, 3.8) is 0 Å². The van der Waals surface area contributed by atoms with Crippen molar-refractivity contribution in [2.24, 2.45) is 0 Å². The fourth-order valence-corrected chi connectivity index (χ4v) is 5.21. The molecular weight excluding hydrogens is 472 g/mol. The molecule has 2 N–H and O–H groups in total. The number of nitrogens with zero attached hydrogens (tertiary/aromatic N) is 4. The molecule has 6 nitrogen and oxygen atoms in total. The van der Waals surface area contributed by atoms with Crippen LogP contribution in [-0.2, 0) is 31.6 Å². The molecule has 0 amide bonds. The number of aromatic hydroxyl groups is 2. The number of phenolic OH excluding ortho intramolecular Hbond substituents is 2. The fraction of sp³-hybridized carbons (Fsp3) is 0.438. The van der Waals surface area contributed by atoms with Crippen molar-refractivity contribution < 1.29 is 10.2 Å². The molecule has 0 atom stereocenters. The van der Waals surface area contributed by atoms with Crippen molar-refractivity contribution in [2.45, 2.75) is 38.5 Å². The standard InChI is InChI=1S/C32H46N4O2/c1-32(27-13-11-10-12-14-27,28-15-23(19-33(2)3)30(37)24(16-28)20-34(4)5)29-17-25(21-35(6)7)31(38)26(18-29)22-36(8)9/h10-18,37-38H,19-22H2,1-9H3. The Bertz CT molecular complexity index is 1080. The topological polar surface area (TPSA) is 53.4 Å². The summed E-state index contributed by atoms with van der Waals surface area (Å²) in [7, 11) is 16.2. The van der Waals surface area contributed by atoms with Crippen molar-refractivity contribution in [1.82, 2.24) is 19.6 Å². The molecule has 0 radical (unpaired) electrons. The van der Waals surface area contributed by atoms with Crippen LogP contribution in [0.5, 0.6) is 11.5 Å². The summed E-state index contributed by atoms with van der Waals surface area (Å²) in [4.78, 5) is 8.35. The van der Waals surface area contributed by atoms with Gasteiger partial charge in [-0.2, -0.15) is 0 Å². The van der Waals surface area contributed by atoms with Crippen LogP contribution in [0.3, 0.4) is 0 Å². The van der Waals surface area contributed by atoms with Crippen LogP contribution in [0.4, 0.5) is 0 Å². The smallest absolute Gasteiger partial charge is 0.124 e. The zero-order chi connectivity index (χ0) is 28.2. The maximum absolute atomic E-state index is 11.2. The summed E-state index contributed by atoms with van der Waals surface area (Å²) in [6, 6.07) is 19.2. The van der Waals surface area contributed by atoms with Crippen LogP contribution in [0.25, 0.3) is 0 Å². The second kappa shape index (κ2) is 12.3. The summed E-state index contributed by atoms with van der Waals surface area (Å²) in [5.41, 5.74) is 6.52. The lowest BCUT2D eigenvalue weighted by Crippen LogP contribution is -2.28. The second-order valence-corrected chi connectivity index (χ2v) is 11.7. The lowest BCUT2D eigenvalue weighted by Gasteiger charge is -2.35. The van der Waals surface area contributed by atoms with Gasteiger partial charge >= 0.3 is 0 Å². The molecule has 3 rings (SSSR count). The van der Waals surface area contributed by atoms with E-state index >= 15 is 0 Å². The average Bonchev–Trinajstić information content (AvgIpc) is 2.82. The predicted molar refractivity (Wildman–Crippen MR) is 158 cm³/mol. The fourth-order valence-electron chi connectivity index (χ4n) is 5.21. The van der Waals surface area contributed by atoms with Gasteiger partial charge in [0.2, 0.25) is 0 Å². The SMILES string of the molecule is CN(C)Cc1cc(C(C)(c2ccccc2)c2cc(CN(C)C)c(O)c(CN(C)C)c2)cc(CN(C)C)c1O. The Labute approximate surface area is 229 Å². The van der Waals surface area contributed by atoms with Crippen molar-refractivity contribution >= 4 is 0 Å². The number of phenols is 2. The first-order chi connectivity index (χ1) is 17.8. The molecule has 6 heteroatoms. The molecule has 0 aliphatic rings. The zero-order valence-electron chi connectivity index (χ0n) is 24.7. The predicted octanol–water partition coefficient (Wildman–Crippen LogP) is 4.70.